The van der Waals surface area contributed by atoms with Gasteiger partial charge in [-0.3, -0.25) is 0 Å². The molecule has 0 aliphatic carbocycles. The van der Waals surface area contributed by atoms with E-state index in [4.69, 9.17) is 0 Å². The third-order valence-corrected chi connectivity index (χ3v) is 2.58. The summed E-state index contributed by atoms with van der Waals surface area (Å²) in [4.78, 5) is 2.38. The molecule has 0 aromatic carbocycles. The van der Waals surface area contributed by atoms with Gasteiger partial charge in [0.05, 0.1) is 6.10 Å². The van der Waals surface area contributed by atoms with E-state index < -0.39 is 0 Å². The van der Waals surface area contributed by atoms with Crippen LogP contribution >= 0.6 is 0 Å². The molecule has 0 aromatic heterocycles. The summed E-state index contributed by atoms with van der Waals surface area (Å²) >= 11 is 0. The fourth-order valence-electron chi connectivity index (χ4n) is 1.78. The number of rotatable bonds is 5. The van der Waals surface area contributed by atoms with Crippen LogP contribution in [-0.2, 0) is 0 Å². The van der Waals surface area contributed by atoms with Crippen LogP contribution in [0.5, 0.6) is 0 Å². The van der Waals surface area contributed by atoms with E-state index in [0.29, 0.717) is 0 Å². The van der Waals surface area contributed by atoms with Crippen LogP contribution in [0.2, 0.25) is 0 Å². The van der Waals surface area contributed by atoms with E-state index in [1.54, 1.807) is 0 Å². The van der Waals surface area contributed by atoms with Crippen LogP contribution in [0.3, 0.4) is 0 Å². The zero-order valence-corrected chi connectivity index (χ0v) is 8.13. The minimum absolute atomic E-state index is 0.0452. The van der Waals surface area contributed by atoms with Crippen molar-refractivity contribution in [1.29, 1.82) is 0 Å². The Labute approximate surface area is 75.6 Å². The van der Waals surface area contributed by atoms with Gasteiger partial charge in [-0.15, -0.1) is 0 Å². The van der Waals surface area contributed by atoms with Crippen molar-refractivity contribution in [2.45, 2.75) is 45.1 Å². The molecule has 1 aliphatic heterocycles. The fourth-order valence-corrected chi connectivity index (χ4v) is 1.78. The van der Waals surface area contributed by atoms with Gasteiger partial charge in [0.2, 0.25) is 0 Å². The van der Waals surface area contributed by atoms with Gasteiger partial charge in [0.25, 0.3) is 0 Å². The Morgan fingerprint density at radius 2 is 2.17 bits per heavy atom. The molecule has 0 saturated carbocycles. The van der Waals surface area contributed by atoms with Crippen molar-refractivity contribution >= 4 is 0 Å². The van der Waals surface area contributed by atoms with Crippen molar-refractivity contribution in [2.24, 2.45) is 0 Å². The lowest BCUT2D eigenvalue weighted by Gasteiger charge is -2.13. The summed E-state index contributed by atoms with van der Waals surface area (Å²) in [5.41, 5.74) is 0. The van der Waals surface area contributed by atoms with E-state index >= 15 is 0 Å². The standard InChI is InChI=1S/C10H21NO/c1-2-3-4-5-7-11-8-6-10(12)9-11/h10,12H,2-9H2,1H3. The zero-order valence-electron chi connectivity index (χ0n) is 8.13. The number of nitrogens with zero attached hydrogens (tertiary/aromatic N) is 1. The number of unbranched alkanes of at least 4 members (excludes halogenated alkanes) is 3. The summed E-state index contributed by atoms with van der Waals surface area (Å²) in [5.74, 6) is 0. The second-order valence-corrected chi connectivity index (χ2v) is 3.80. The third-order valence-electron chi connectivity index (χ3n) is 2.58. The van der Waals surface area contributed by atoms with Gasteiger partial charge in [0.15, 0.2) is 0 Å². The van der Waals surface area contributed by atoms with Gasteiger partial charge in [0.1, 0.15) is 0 Å². The van der Waals surface area contributed by atoms with Crippen LogP contribution in [-0.4, -0.2) is 35.7 Å². The SMILES string of the molecule is CCCCCCN1CCC(O)C1. The Balaban J connectivity index is 1.93. The largest absolute Gasteiger partial charge is 0.392 e. The normalized spacial score (nSPS) is 25.0. The molecular weight excluding hydrogens is 150 g/mol. The second kappa shape index (κ2) is 5.55. The Morgan fingerprint density at radius 1 is 1.33 bits per heavy atom. The maximum atomic E-state index is 9.26. The molecular formula is C10H21NO. The number of β-amino-alcohol motifs (C(OH)–C–C–N with tert-alkyl or cyclic N) is 1. The molecule has 1 unspecified atom stereocenters. The molecule has 1 heterocycles. The Morgan fingerprint density at radius 3 is 2.75 bits per heavy atom. The predicted molar refractivity (Wildman–Crippen MR) is 51.2 cm³/mol. The van der Waals surface area contributed by atoms with Gasteiger partial charge in [-0.25, -0.2) is 0 Å². The molecule has 1 fully saturated rings. The molecule has 2 heteroatoms. The van der Waals surface area contributed by atoms with Crippen LogP contribution in [0.25, 0.3) is 0 Å². The topological polar surface area (TPSA) is 23.5 Å². The summed E-state index contributed by atoms with van der Waals surface area (Å²) in [6.45, 7) is 5.44. The van der Waals surface area contributed by atoms with E-state index in [-0.39, 0.29) is 6.10 Å². The molecule has 0 amide bonds. The molecule has 0 bridgehead atoms. The van der Waals surface area contributed by atoms with Gasteiger partial charge in [-0.05, 0) is 19.4 Å². The van der Waals surface area contributed by atoms with Crippen LogP contribution in [0.4, 0.5) is 0 Å². The average Bonchev–Trinajstić information content (AvgIpc) is 2.45. The predicted octanol–water partition coefficient (Wildman–Crippen LogP) is 1.63. The molecule has 0 radical (unpaired) electrons. The molecule has 0 aromatic rings. The molecule has 1 N–H and O–H groups in total. The van der Waals surface area contributed by atoms with Gasteiger partial charge in [0, 0.05) is 13.1 Å². The van der Waals surface area contributed by atoms with Crippen LogP contribution in [0, 0.1) is 0 Å². The van der Waals surface area contributed by atoms with Crippen molar-refractivity contribution in [2.75, 3.05) is 19.6 Å². The van der Waals surface area contributed by atoms with E-state index in [1.807, 2.05) is 0 Å². The fraction of sp³-hybridized carbons (Fsp3) is 1.00. The minimum Gasteiger partial charge on any atom is -0.392 e. The van der Waals surface area contributed by atoms with E-state index in [2.05, 4.69) is 11.8 Å². The molecule has 0 spiro atoms. The maximum absolute atomic E-state index is 9.26. The van der Waals surface area contributed by atoms with Crippen LogP contribution < -0.4 is 0 Å². The smallest absolute Gasteiger partial charge is 0.0679 e. The quantitative estimate of drug-likeness (QED) is 0.636. The summed E-state index contributed by atoms with van der Waals surface area (Å²) in [5, 5.41) is 9.26. The molecule has 1 saturated heterocycles. The van der Waals surface area contributed by atoms with Crippen molar-refractivity contribution in [3.8, 4) is 0 Å². The molecule has 72 valence electrons. The van der Waals surface area contributed by atoms with Gasteiger partial charge in [-0.1, -0.05) is 26.2 Å². The lowest BCUT2D eigenvalue weighted by molar-refractivity contribution is 0.175. The monoisotopic (exact) mass is 171 g/mol. The highest BCUT2D eigenvalue weighted by atomic mass is 16.3. The Hall–Kier alpha value is -0.0800. The highest BCUT2D eigenvalue weighted by molar-refractivity contribution is 4.73. The van der Waals surface area contributed by atoms with Crippen LogP contribution in [0.15, 0.2) is 0 Å². The summed E-state index contributed by atoms with van der Waals surface area (Å²) < 4.78 is 0. The average molecular weight is 171 g/mol. The summed E-state index contributed by atoms with van der Waals surface area (Å²) in [6, 6.07) is 0. The number of likely N-dealkylation sites (tertiary alicyclic amines) is 1. The number of aliphatic hydroxyl groups excluding tert-OH is 1. The molecule has 12 heavy (non-hydrogen) atoms. The first-order valence-corrected chi connectivity index (χ1v) is 5.23. The van der Waals surface area contributed by atoms with Crippen LogP contribution in [0.1, 0.15) is 39.0 Å². The first-order valence-electron chi connectivity index (χ1n) is 5.23. The van der Waals surface area contributed by atoms with Crippen molar-refractivity contribution in [3.63, 3.8) is 0 Å². The number of aliphatic hydroxyl groups is 1. The highest BCUT2D eigenvalue weighted by Crippen LogP contribution is 2.10. The highest BCUT2D eigenvalue weighted by Gasteiger charge is 2.18. The van der Waals surface area contributed by atoms with Gasteiger partial charge < -0.3 is 10.0 Å². The molecule has 1 atom stereocenters. The van der Waals surface area contributed by atoms with E-state index in [9.17, 15) is 5.11 Å². The molecule has 1 rings (SSSR count). The molecule has 1 aliphatic rings. The van der Waals surface area contributed by atoms with Gasteiger partial charge in [-0.2, -0.15) is 0 Å². The van der Waals surface area contributed by atoms with E-state index in [1.165, 1.54) is 32.2 Å². The second-order valence-electron chi connectivity index (χ2n) is 3.80. The van der Waals surface area contributed by atoms with Gasteiger partial charge >= 0.3 is 0 Å². The van der Waals surface area contributed by atoms with E-state index in [0.717, 1.165) is 19.5 Å². The lowest BCUT2D eigenvalue weighted by atomic mass is 10.2. The lowest BCUT2D eigenvalue weighted by Crippen LogP contribution is -2.23. The Bertz CT molecular complexity index is 116. The molecule has 2 nitrogen and oxygen atoms in total. The summed E-state index contributed by atoms with van der Waals surface area (Å²) in [6.07, 6.45) is 6.26. The van der Waals surface area contributed by atoms with Crippen molar-refractivity contribution < 1.29 is 5.11 Å². The first-order chi connectivity index (χ1) is 5.83. The third kappa shape index (κ3) is 3.55. The summed E-state index contributed by atoms with van der Waals surface area (Å²) in [7, 11) is 0. The van der Waals surface area contributed by atoms with Crippen molar-refractivity contribution in [1.82, 2.24) is 4.90 Å². The Kier molecular flexibility index (Phi) is 4.62. The van der Waals surface area contributed by atoms with Crippen molar-refractivity contribution in [3.05, 3.63) is 0 Å². The minimum atomic E-state index is -0.0452. The first kappa shape index (κ1) is 10.0. The zero-order chi connectivity index (χ0) is 8.81. The number of hydrogen-bond acceptors (Lipinski definition) is 2. The maximum Gasteiger partial charge on any atom is 0.0679 e. The number of hydrogen-bond donors (Lipinski definition) is 1.